The lowest BCUT2D eigenvalue weighted by atomic mass is 10.2. The Kier molecular flexibility index (Phi) is 4.69. The van der Waals surface area contributed by atoms with E-state index in [1.807, 2.05) is 36.4 Å². The van der Waals surface area contributed by atoms with Crippen molar-refractivity contribution < 1.29 is 0 Å². The molecule has 4 rings (SSSR count). The zero-order valence-electron chi connectivity index (χ0n) is 12.6. The highest BCUT2D eigenvalue weighted by molar-refractivity contribution is 8.02. The van der Waals surface area contributed by atoms with Gasteiger partial charge in [-0.25, -0.2) is 4.98 Å². The van der Waals surface area contributed by atoms with Crippen molar-refractivity contribution in [2.45, 2.75) is 15.1 Å². The fraction of sp³-hybridized carbons (Fsp3) is 0.0556. The summed E-state index contributed by atoms with van der Waals surface area (Å²) in [6.45, 7) is 0. The molecule has 0 bridgehead atoms. The second kappa shape index (κ2) is 7.25. The zero-order chi connectivity index (χ0) is 16.2. The SMILES string of the molecule is c1ccc(Cc2nnc(Sc3nc(-c4ccccc4)cs3)s2)cc1. The molecule has 0 aliphatic carbocycles. The van der Waals surface area contributed by atoms with Gasteiger partial charge in [-0.15, -0.1) is 21.5 Å². The summed E-state index contributed by atoms with van der Waals surface area (Å²) in [5, 5.41) is 11.7. The number of benzene rings is 2. The summed E-state index contributed by atoms with van der Waals surface area (Å²) in [5.41, 5.74) is 3.41. The Morgan fingerprint density at radius 3 is 2.38 bits per heavy atom. The second-order valence-electron chi connectivity index (χ2n) is 5.09. The molecule has 0 amide bonds. The van der Waals surface area contributed by atoms with Crippen LogP contribution in [0.2, 0.25) is 0 Å². The fourth-order valence-electron chi connectivity index (χ4n) is 2.24. The van der Waals surface area contributed by atoms with E-state index in [0.717, 1.165) is 31.4 Å². The molecule has 0 N–H and O–H groups in total. The van der Waals surface area contributed by atoms with Gasteiger partial charge in [0.25, 0.3) is 0 Å². The average Bonchev–Trinajstić information content (AvgIpc) is 3.27. The quantitative estimate of drug-likeness (QED) is 0.473. The smallest absolute Gasteiger partial charge is 0.181 e. The van der Waals surface area contributed by atoms with Crippen LogP contribution in [0, 0.1) is 0 Å². The fourth-order valence-corrected chi connectivity index (χ4v) is 5.20. The molecule has 118 valence electrons. The summed E-state index contributed by atoms with van der Waals surface area (Å²) >= 11 is 4.87. The van der Waals surface area contributed by atoms with Crippen LogP contribution in [0.4, 0.5) is 0 Å². The van der Waals surface area contributed by atoms with E-state index in [2.05, 4.69) is 44.8 Å². The monoisotopic (exact) mass is 367 g/mol. The first-order chi connectivity index (χ1) is 11.9. The molecule has 0 aliphatic heterocycles. The summed E-state index contributed by atoms with van der Waals surface area (Å²) in [4.78, 5) is 4.69. The first kappa shape index (κ1) is 15.5. The maximum absolute atomic E-state index is 4.69. The topological polar surface area (TPSA) is 38.7 Å². The molecule has 0 spiro atoms. The molecule has 3 nitrogen and oxygen atoms in total. The minimum Gasteiger partial charge on any atom is -0.229 e. The van der Waals surface area contributed by atoms with Crippen molar-refractivity contribution in [1.29, 1.82) is 0 Å². The van der Waals surface area contributed by atoms with Gasteiger partial charge >= 0.3 is 0 Å². The summed E-state index contributed by atoms with van der Waals surface area (Å²) < 4.78 is 1.94. The van der Waals surface area contributed by atoms with E-state index >= 15 is 0 Å². The molecule has 2 heterocycles. The molecule has 0 saturated heterocycles. The van der Waals surface area contributed by atoms with Crippen LogP contribution in [0.5, 0.6) is 0 Å². The number of thiazole rings is 1. The van der Waals surface area contributed by atoms with Gasteiger partial charge in [-0.2, -0.15) is 0 Å². The van der Waals surface area contributed by atoms with Crippen molar-refractivity contribution >= 4 is 34.4 Å². The standard InChI is InChI=1S/C18H13N3S3/c1-3-7-13(8-4-1)11-16-20-21-18(23-16)24-17-19-15(12-22-17)14-9-5-2-6-10-14/h1-10,12H,11H2. The van der Waals surface area contributed by atoms with Crippen LogP contribution >= 0.6 is 34.4 Å². The highest BCUT2D eigenvalue weighted by Gasteiger charge is 2.10. The summed E-state index contributed by atoms with van der Waals surface area (Å²) in [6.07, 6.45) is 0.826. The first-order valence-electron chi connectivity index (χ1n) is 7.42. The van der Waals surface area contributed by atoms with Crippen molar-refractivity contribution in [2.24, 2.45) is 0 Å². The van der Waals surface area contributed by atoms with Gasteiger partial charge < -0.3 is 0 Å². The molecule has 6 heteroatoms. The van der Waals surface area contributed by atoms with Crippen molar-refractivity contribution in [3.05, 3.63) is 76.6 Å². The molecule has 0 saturated carbocycles. The normalized spacial score (nSPS) is 10.8. The van der Waals surface area contributed by atoms with Crippen LogP contribution < -0.4 is 0 Å². The Morgan fingerprint density at radius 1 is 0.833 bits per heavy atom. The minimum atomic E-state index is 0.826. The zero-order valence-corrected chi connectivity index (χ0v) is 15.1. The molecule has 0 atom stereocenters. The Bertz CT molecular complexity index is 917. The van der Waals surface area contributed by atoms with E-state index in [0.29, 0.717) is 0 Å². The predicted octanol–water partition coefficient (Wildman–Crippen LogP) is 5.40. The highest BCUT2D eigenvalue weighted by Crippen LogP contribution is 2.34. The molecule has 2 aromatic heterocycles. The predicted molar refractivity (Wildman–Crippen MR) is 101 cm³/mol. The Balaban J connectivity index is 1.46. The van der Waals surface area contributed by atoms with Crippen molar-refractivity contribution in [3.63, 3.8) is 0 Å². The second-order valence-corrected chi connectivity index (χ2v) is 8.51. The van der Waals surface area contributed by atoms with Gasteiger partial charge in [-0.3, -0.25) is 0 Å². The van der Waals surface area contributed by atoms with E-state index in [1.165, 1.54) is 5.56 Å². The Labute approximate surface area is 152 Å². The van der Waals surface area contributed by atoms with Gasteiger partial charge in [0.2, 0.25) is 0 Å². The van der Waals surface area contributed by atoms with Crippen LogP contribution in [0.15, 0.2) is 74.7 Å². The van der Waals surface area contributed by atoms with Crippen molar-refractivity contribution in [1.82, 2.24) is 15.2 Å². The van der Waals surface area contributed by atoms with Crippen LogP contribution in [0.25, 0.3) is 11.3 Å². The van der Waals surface area contributed by atoms with Crippen LogP contribution in [-0.2, 0) is 6.42 Å². The van der Waals surface area contributed by atoms with Gasteiger partial charge in [-0.05, 0) is 17.3 Å². The van der Waals surface area contributed by atoms with Gasteiger partial charge in [0, 0.05) is 17.4 Å². The van der Waals surface area contributed by atoms with Crippen LogP contribution in [0.1, 0.15) is 10.6 Å². The van der Waals surface area contributed by atoms with Gasteiger partial charge in [0.05, 0.1) is 5.69 Å². The number of hydrogen-bond donors (Lipinski definition) is 0. The molecule has 0 radical (unpaired) electrons. The summed E-state index contributed by atoms with van der Waals surface area (Å²) in [7, 11) is 0. The third-order valence-corrected chi connectivity index (χ3v) is 6.29. The number of hydrogen-bond acceptors (Lipinski definition) is 6. The molecule has 0 unspecified atom stereocenters. The van der Waals surface area contributed by atoms with E-state index in [4.69, 9.17) is 0 Å². The molecular weight excluding hydrogens is 354 g/mol. The van der Waals surface area contributed by atoms with Crippen LogP contribution in [-0.4, -0.2) is 15.2 Å². The molecule has 0 aliphatic rings. The first-order valence-corrected chi connectivity index (χ1v) is 9.93. The molecule has 0 fully saturated rings. The lowest BCUT2D eigenvalue weighted by Gasteiger charge is -1.95. The molecule has 2 aromatic carbocycles. The van der Waals surface area contributed by atoms with Gasteiger partial charge in [-0.1, -0.05) is 72.0 Å². The van der Waals surface area contributed by atoms with E-state index in [9.17, 15) is 0 Å². The lowest BCUT2D eigenvalue weighted by molar-refractivity contribution is 0.956. The Morgan fingerprint density at radius 2 is 1.58 bits per heavy atom. The number of rotatable bonds is 5. The Hall–Kier alpha value is -2.02. The maximum atomic E-state index is 4.69. The molecular formula is C18H13N3S3. The van der Waals surface area contributed by atoms with Crippen molar-refractivity contribution in [2.75, 3.05) is 0 Å². The molecule has 4 aromatic rings. The minimum absolute atomic E-state index is 0.826. The van der Waals surface area contributed by atoms with E-state index in [1.54, 1.807) is 34.4 Å². The summed E-state index contributed by atoms with van der Waals surface area (Å²) in [6, 6.07) is 20.6. The third-order valence-electron chi connectivity index (χ3n) is 3.37. The largest absolute Gasteiger partial charge is 0.229 e. The lowest BCUT2D eigenvalue weighted by Crippen LogP contribution is -1.85. The van der Waals surface area contributed by atoms with Gasteiger partial charge in [0.15, 0.2) is 8.68 Å². The maximum Gasteiger partial charge on any atom is 0.181 e. The average molecular weight is 368 g/mol. The number of aromatic nitrogens is 3. The van der Waals surface area contributed by atoms with E-state index < -0.39 is 0 Å². The number of nitrogens with zero attached hydrogens (tertiary/aromatic N) is 3. The summed E-state index contributed by atoms with van der Waals surface area (Å²) in [5.74, 6) is 0. The van der Waals surface area contributed by atoms with Crippen molar-refractivity contribution in [3.8, 4) is 11.3 Å². The van der Waals surface area contributed by atoms with Crippen LogP contribution in [0.3, 0.4) is 0 Å². The highest BCUT2D eigenvalue weighted by atomic mass is 32.2. The van der Waals surface area contributed by atoms with E-state index in [-0.39, 0.29) is 0 Å². The molecule has 24 heavy (non-hydrogen) atoms. The van der Waals surface area contributed by atoms with Gasteiger partial charge in [0.1, 0.15) is 5.01 Å². The third kappa shape index (κ3) is 3.72.